The fourth-order valence-corrected chi connectivity index (χ4v) is 9.90. The Morgan fingerprint density at radius 1 is 0.884 bits per heavy atom. The molecule has 2 saturated carbocycles. The van der Waals surface area contributed by atoms with Gasteiger partial charge in [-0.15, -0.1) is 0 Å². The van der Waals surface area contributed by atoms with E-state index >= 15 is 0 Å². The highest BCUT2D eigenvalue weighted by atomic mass is 19.4. The molecule has 0 radical (unpaired) electrons. The van der Waals surface area contributed by atoms with Gasteiger partial charge in [0.2, 0.25) is 0 Å². The average Bonchev–Trinajstić information content (AvgIpc) is 3.51. The molecule has 0 aromatic rings. The molecule has 5 N–H and O–H groups in total. The number of nitrogens with zero attached hydrogens (tertiary/aromatic N) is 3. The van der Waals surface area contributed by atoms with Gasteiger partial charge in [0.1, 0.15) is 12.2 Å². The number of alkyl halides is 3. The number of guanidine groups is 1. The van der Waals surface area contributed by atoms with E-state index in [1.54, 1.807) is 0 Å². The molecule has 6 rings (SSSR count). The molecule has 6 fully saturated rings. The maximum Gasteiger partial charge on any atom is 0.405 e. The lowest BCUT2D eigenvalue weighted by Crippen LogP contribution is -2.75. The number of nitrogens with one attached hydrogen (secondary N) is 5. The van der Waals surface area contributed by atoms with Crippen LogP contribution in [0.2, 0.25) is 0 Å². The van der Waals surface area contributed by atoms with E-state index in [4.69, 9.17) is 0 Å². The number of piperidine rings is 1. The van der Waals surface area contributed by atoms with Crippen LogP contribution in [0.25, 0.3) is 0 Å². The fraction of sp³-hybridized carbons (Fsp3) is 0.969. The lowest BCUT2D eigenvalue weighted by atomic mass is 9.71. The summed E-state index contributed by atoms with van der Waals surface area (Å²) in [5.74, 6) is 3.26. The molecular formula is C32H57F3N8. The zero-order valence-corrected chi connectivity index (χ0v) is 26.8. The quantitative estimate of drug-likeness (QED) is 0.312. The molecule has 0 amide bonds. The largest absolute Gasteiger partial charge is 0.405 e. The predicted octanol–water partition coefficient (Wildman–Crippen LogP) is 3.95. The van der Waals surface area contributed by atoms with Crippen LogP contribution >= 0.6 is 0 Å². The molecule has 0 bridgehead atoms. The molecule has 8 nitrogen and oxygen atoms in total. The van der Waals surface area contributed by atoms with Crippen LogP contribution in [-0.2, 0) is 0 Å². The van der Waals surface area contributed by atoms with Crippen LogP contribution in [0.4, 0.5) is 13.2 Å². The third-order valence-electron chi connectivity index (χ3n) is 12.2. The van der Waals surface area contributed by atoms with Crippen molar-refractivity contribution in [1.82, 2.24) is 36.0 Å². The van der Waals surface area contributed by atoms with Crippen molar-refractivity contribution >= 4 is 5.96 Å². The van der Waals surface area contributed by atoms with Gasteiger partial charge in [0.05, 0.1) is 18.4 Å². The normalized spacial score (nSPS) is 43.4. The first kappa shape index (κ1) is 31.8. The highest BCUT2D eigenvalue weighted by Gasteiger charge is 2.54. The molecule has 4 heterocycles. The molecule has 4 saturated heterocycles. The second-order valence-corrected chi connectivity index (χ2v) is 15.2. The van der Waals surface area contributed by atoms with Crippen molar-refractivity contribution in [3.63, 3.8) is 0 Å². The highest BCUT2D eigenvalue weighted by molar-refractivity contribution is 5.80. The second-order valence-electron chi connectivity index (χ2n) is 15.2. The van der Waals surface area contributed by atoms with Gasteiger partial charge in [-0.1, -0.05) is 33.1 Å². The Morgan fingerprint density at radius 2 is 1.60 bits per heavy atom. The Labute approximate surface area is 257 Å². The summed E-state index contributed by atoms with van der Waals surface area (Å²) in [4.78, 5) is 6.43. The third kappa shape index (κ3) is 6.44. The monoisotopic (exact) mass is 610 g/mol. The van der Waals surface area contributed by atoms with Gasteiger partial charge < -0.3 is 15.1 Å². The zero-order valence-electron chi connectivity index (χ0n) is 26.8. The number of halogens is 3. The maximum absolute atomic E-state index is 13.4. The lowest BCUT2D eigenvalue weighted by molar-refractivity contribution is -0.150. The van der Waals surface area contributed by atoms with Gasteiger partial charge in [0, 0.05) is 32.2 Å². The summed E-state index contributed by atoms with van der Waals surface area (Å²) < 4.78 is 40.2. The minimum absolute atomic E-state index is 0.0327. The van der Waals surface area contributed by atoms with Crippen LogP contribution in [0, 0.1) is 35.0 Å². The van der Waals surface area contributed by atoms with Crippen molar-refractivity contribution in [2.75, 3.05) is 33.7 Å². The first-order valence-corrected chi connectivity index (χ1v) is 17.4. The minimum Gasteiger partial charge on any atom is -0.338 e. The van der Waals surface area contributed by atoms with Crippen LogP contribution < -0.4 is 21.3 Å². The molecule has 0 spiro atoms. The van der Waals surface area contributed by atoms with E-state index in [0.717, 1.165) is 38.8 Å². The summed E-state index contributed by atoms with van der Waals surface area (Å²) in [5.41, 5.74) is 0. The maximum atomic E-state index is 13.4. The molecule has 246 valence electrons. The standard InChI is InChI=1S/C32H57F3N8/c1-19(2)22-9-5-6-10-23(22)28-39-26(24-11-7-8-16-37-24)27-30(40-28)43(31(36)42(27)4)17-20-12-14-21(15-13-20)29-38-25(18-41(29)3)32(33,34)35/h19-30,36-40H,5-18H2,1-4H3. The Kier molecular flexibility index (Phi) is 9.57. The van der Waals surface area contributed by atoms with Crippen molar-refractivity contribution in [3.8, 4) is 0 Å². The molecule has 43 heavy (non-hydrogen) atoms. The topological polar surface area (TPSA) is 81.7 Å². The SMILES string of the molecule is CC(C)C1CCCCC1C1NC(C2CCCCN2)C2C(N1)N(CC1CCC(C3NC(C(F)(F)F)CN3C)CC1)C(=N)N2C. The fourth-order valence-electron chi connectivity index (χ4n) is 9.90. The van der Waals surface area contributed by atoms with E-state index < -0.39 is 12.2 Å². The Balaban J connectivity index is 1.15. The van der Waals surface area contributed by atoms with E-state index in [2.05, 4.69) is 52.0 Å². The lowest BCUT2D eigenvalue weighted by Gasteiger charge is -2.51. The molecule has 6 aliphatic rings. The van der Waals surface area contributed by atoms with Gasteiger partial charge in [-0.05, 0) is 94.5 Å². The minimum atomic E-state index is -4.20. The van der Waals surface area contributed by atoms with Gasteiger partial charge in [0.25, 0.3) is 0 Å². The van der Waals surface area contributed by atoms with Crippen molar-refractivity contribution in [1.29, 1.82) is 5.41 Å². The number of rotatable bonds is 6. The van der Waals surface area contributed by atoms with Crippen molar-refractivity contribution < 1.29 is 13.2 Å². The Bertz CT molecular complexity index is 949. The molecule has 9 atom stereocenters. The molecule has 0 aromatic heterocycles. The zero-order chi connectivity index (χ0) is 30.5. The smallest absolute Gasteiger partial charge is 0.338 e. The highest BCUT2D eigenvalue weighted by Crippen LogP contribution is 2.41. The van der Waals surface area contributed by atoms with E-state index in [1.807, 2.05) is 11.9 Å². The average molecular weight is 611 g/mol. The number of likely N-dealkylation sites (N-methyl/N-ethyl adjacent to an activating group) is 2. The van der Waals surface area contributed by atoms with Crippen molar-refractivity contribution in [3.05, 3.63) is 0 Å². The summed E-state index contributed by atoms with van der Waals surface area (Å²) in [7, 11) is 3.93. The Morgan fingerprint density at radius 3 is 2.26 bits per heavy atom. The number of hydrogen-bond acceptors (Lipinski definition) is 6. The number of fused-ring (bicyclic) bond motifs is 1. The first-order chi connectivity index (χ1) is 20.5. The van der Waals surface area contributed by atoms with Crippen molar-refractivity contribution in [2.24, 2.45) is 29.6 Å². The summed E-state index contributed by atoms with van der Waals surface area (Å²) in [6.07, 6.45) is 8.68. The van der Waals surface area contributed by atoms with E-state index in [0.29, 0.717) is 35.7 Å². The molecule has 0 aromatic carbocycles. The molecule has 9 unspecified atom stereocenters. The van der Waals surface area contributed by atoms with Crippen molar-refractivity contribution in [2.45, 2.75) is 133 Å². The summed E-state index contributed by atoms with van der Waals surface area (Å²) in [6, 6.07) is -0.549. The summed E-state index contributed by atoms with van der Waals surface area (Å²) in [5, 5.41) is 24.3. The second kappa shape index (κ2) is 12.9. The van der Waals surface area contributed by atoms with E-state index in [-0.39, 0.29) is 43.0 Å². The third-order valence-corrected chi connectivity index (χ3v) is 12.2. The van der Waals surface area contributed by atoms with Crippen LogP contribution in [0.3, 0.4) is 0 Å². The van der Waals surface area contributed by atoms with Gasteiger partial charge in [-0.25, -0.2) is 0 Å². The molecule has 11 heteroatoms. The van der Waals surface area contributed by atoms with Gasteiger partial charge >= 0.3 is 6.18 Å². The molecule has 2 aliphatic carbocycles. The predicted molar refractivity (Wildman–Crippen MR) is 164 cm³/mol. The van der Waals surface area contributed by atoms with Crippen LogP contribution in [0.15, 0.2) is 0 Å². The van der Waals surface area contributed by atoms with E-state index in [1.165, 1.54) is 44.9 Å². The van der Waals surface area contributed by atoms with Gasteiger partial charge in [-0.3, -0.25) is 26.3 Å². The van der Waals surface area contributed by atoms with Gasteiger partial charge in [0.15, 0.2) is 5.96 Å². The summed E-state index contributed by atoms with van der Waals surface area (Å²) >= 11 is 0. The van der Waals surface area contributed by atoms with E-state index in [9.17, 15) is 18.6 Å². The Hall–Kier alpha value is -1.14. The first-order valence-electron chi connectivity index (χ1n) is 17.4. The molecule has 4 aliphatic heterocycles. The van der Waals surface area contributed by atoms with Crippen LogP contribution in [0.5, 0.6) is 0 Å². The van der Waals surface area contributed by atoms with Crippen LogP contribution in [0.1, 0.15) is 84.5 Å². The summed E-state index contributed by atoms with van der Waals surface area (Å²) in [6.45, 7) is 6.72. The molecular weight excluding hydrogens is 553 g/mol. The van der Waals surface area contributed by atoms with Gasteiger partial charge in [-0.2, -0.15) is 13.2 Å². The number of hydrogen-bond donors (Lipinski definition) is 5. The van der Waals surface area contributed by atoms with Crippen LogP contribution in [-0.4, -0.2) is 103 Å².